The van der Waals surface area contributed by atoms with Crippen molar-refractivity contribution < 1.29 is 4.74 Å². The van der Waals surface area contributed by atoms with Crippen LogP contribution >= 0.6 is 15.9 Å². The molecule has 2 heteroatoms. The van der Waals surface area contributed by atoms with Gasteiger partial charge in [0, 0.05) is 11.6 Å². The van der Waals surface area contributed by atoms with Crippen molar-refractivity contribution >= 4 is 21.5 Å². The molecule has 0 radical (unpaired) electrons. The number of hydrogen-bond acceptors (Lipinski definition) is 1. The first kappa shape index (κ1) is 14.3. The number of methoxy groups -OCH3 is 1. The first-order valence-corrected chi connectivity index (χ1v) is 8.40. The topological polar surface area (TPSA) is 9.23 Å². The van der Waals surface area contributed by atoms with E-state index in [2.05, 4.69) is 47.6 Å². The summed E-state index contributed by atoms with van der Waals surface area (Å²) in [5.74, 6) is 0.670. The molecule has 3 rings (SSSR count). The Hall–Kier alpha value is -0.600. The standard InChI is InChI=1S/C18H23BrO/c1-4-13-10-18(8-7-17(13)20-3)11-14-5-6-15(19)9-16(14)12(18)2/h5-6,9,13,17H,2,4,7-8,10-11H2,1,3H3/t13-,17-,18-/m0/s1. The molecule has 0 heterocycles. The lowest BCUT2D eigenvalue weighted by Gasteiger charge is -2.43. The highest BCUT2D eigenvalue weighted by molar-refractivity contribution is 9.10. The van der Waals surface area contributed by atoms with Crippen molar-refractivity contribution in [3.05, 3.63) is 40.4 Å². The molecule has 108 valence electrons. The zero-order valence-corrected chi connectivity index (χ0v) is 14.0. The first-order chi connectivity index (χ1) is 9.59. The molecule has 1 aromatic rings. The van der Waals surface area contributed by atoms with Crippen molar-refractivity contribution in [1.82, 2.24) is 0 Å². The van der Waals surface area contributed by atoms with E-state index in [-0.39, 0.29) is 0 Å². The second kappa shape index (κ2) is 5.31. The Morgan fingerprint density at radius 2 is 2.25 bits per heavy atom. The summed E-state index contributed by atoms with van der Waals surface area (Å²) in [7, 11) is 1.86. The van der Waals surface area contributed by atoms with Crippen LogP contribution in [0.1, 0.15) is 43.7 Å². The van der Waals surface area contributed by atoms with Crippen LogP contribution in [-0.4, -0.2) is 13.2 Å². The van der Waals surface area contributed by atoms with E-state index in [0.717, 1.165) is 4.47 Å². The van der Waals surface area contributed by atoms with E-state index < -0.39 is 0 Å². The quantitative estimate of drug-likeness (QED) is 0.719. The fraction of sp³-hybridized carbons (Fsp3) is 0.556. The number of rotatable bonds is 2. The number of hydrogen-bond donors (Lipinski definition) is 0. The average molecular weight is 335 g/mol. The number of ether oxygens (including phenoxy) is 1. The third-order valence-electron chi connectivity index (χ3n) is 5.48. The molecule has 2 aliphatic carbocycles. The highest BCUT2D eigenvalue weighted by Crippen LogP contribution is 2.56. The summed E-state index contributed by atoms with van der Waals surface area (Å²) in [5, 5.41) is 0. The molecule has 0 N–H and O–H groups in total. The van der Waals surface area contributed by atoms with Crippen molar-refractivity contribution in [2.24, 2.45) is 11.3 Å². The Bertz CT molecular complexity index is 536. The Kier molecular flexibility index (Phi) is 3.81. The predicted octanol–water partition coefficient (Wildman–Crippen LogP) is 5.23. The minimum atomic E-state index is 0.291. The summed E-state index contributed by atoms with van der Waals surface area (Å²) in [6.45, 7) is 6.76. The van der Waals surface area contributed by atoms with Crippen molar-refractivity contribution in [2.45, 2.75) is 45.1 Å². The number of allylic oxidation sites excluding steroid dienone is 1. The molecule has 0 aromatic heterocycles. The fourth-order valence-corrected chi connectivity index (χ4v) is 4.64. The molecule has 3 atom stereocenters. The van der Waals surface area contributed by atoms with Crippen LogP contribution in [0, 0.1) is 11.3 Å². The maximum atomic E-state index is 5.69. The van der Waals surface area contributed by atoms with Crippen LogP contribution in [0.4, 0.5) is 0 Å². The predicted molar refractivity (Wildman–Crippen MR) is 87.7 cm³/mol. The zero-order valence-electron chi connectivity index (χ0n) is 12.4. The van der Waals surface area contributed by atoms with Gasteiger partial charge in [-0.05, 0) is 65.8 Å². The third kappa shape index (κ3) is 2.17. The Morgan fingerprint density at radius 1 is 1.45 bits per heavy atom. The van der Waals surface area contributed by atoms with E-state index in [4.69, 9.17) is 4.74 Å². The molecule has 1 saturated carbocycles. The summed E-state index contributed by atoms with van der Waals surface area (Å²) in [4.78, 5) is 0. The van der Waals surface area contributed by atoms with Crippen LogP contribution in [0.3, 0.4) is 0 Å². The molecule has 0 saturated heterocycles. The SMILES string of the molecule is C=C1c2cc(Br)ccc2C[C@@]12CC[C@H](OC)[C@@H](CC)C2. The lowest BCUT2D eigenvalue weighted by Crippen LogP contribution is -2.37. The smallest absolute Gasteiger partial charge is 0.0600 e. The van der Waals surface area contributed by atoms with Gasteiger partial charge in [-0.3, -0.25) is 0 Å². The third-order valence-corrected chi connectivity index (χ3v) is 5.97. The van der Waals surface area contributed by atoms with Gasteiger partial charge in [0.05, 0.1) is 6.10 Å². The van der Waals surface area contributed by atoms with E-state index >= 15 is 0 Å². The summed E-state index contributed by atoms with van der Waals surface area (Å²) < 4.78 is 6.85. The lowest BCUT2D eigenvalue weighted by molar-refractivity contribution is -0.00593. The molecule has 2 aliphatic rings. The molecule has 1 spiro atoms. The van der Waals surface area contributed by atoms with Gasteiger partial charge in [-0.25, -0.2) is 0 Å². The highest BCUT2D eigenvalue weighted by atomic mass is 79.9. The van der Waals surface area contributed by atoms with Crippen molar-refractivity contribution in [3.63, 3.8) is 0 Å². The van der Waals surface area contributed by atoms with Crippen molar-refractivity contribution in [2.75, 3.05) is 7.11 Å². The van der Waals surface area contributed by atoms with Crippen molar-refractivity contribution in [3.8, 4) is 0 Å². The molecule has 0 bridgehead atoms. The van der Waals surface area contributed by atoms with Gasteiger partial charge in [0.25, 0.3) is 0 Å². The summed E-state index contributed by atoms with van der Waals surface area (Å²) in [5.41, 5.74) is 4.51. The minimum absolute atomic E-state index is 0.291. The molecule has 1 nitrogen and oxygen atoms in total. The van der Waals surface area contributed by atoms with Gasteiger partial charge >= 0.3 is 0 Å². The van der Waals surface area contributed by atoms with Crippen LogP contribution in [0.2, 0.25) is 0 Å². The van der Waals surface area contributed by atoms with Gasteiger partial charge in [-0.2, -0.15) is 0 Å². The minimum Gasteiger partial charge on any atom is -0.381 e. The number of benzene rings is 1. The normalized spacial score (nSPS) is 32.6. The molecule has 1 aromatic carbocycles. The summed E-state index contributed by atoms with van der Waals surface area (Å²) in [6.07, 6.45) is 6.42. The summed E-state index contributed by atoms with van der Waals surface area (Å²) >= 11 is 3.59. The average Bonchev–Trinajstić information content (AvgIpc) is 2.72. The van der Waals surface area contributed by atoms with Crippen LogP contribution in [0.5, 0.6) is 0 Å². The molecule has 20 heavy (non-hydrogen) atoms. The molecule has 1 fully saturated rings. The second-order valence-electron chi connectivity index (χ2n) is 6.42. The molecule has 0 aliphatic heterocycles. The Labute approximate surface area is 130 Å². The monoisotopic (exact) mass is 334 g/mol. The van der Waals surface area contributed by atoms with Gasteiger partial charge in [0.2, 0.25) is 0 Å². The largest absolute Gasteiger partial charge is 0.381 e. The zero-order chi connectivity index (χ0) is 14.3. The van der Waals surface area contributed by atoms with Gasteiger partial charge in [0.15, 0.2) is 0 Å². The lowest BCUT2D eigenvalue weighted by atomic mass is 9.64. The van der Waals surface area contributed by atoms with Gasteiger partial charge in [0.1, 0.15) is 0 Å². The maximum absolute atomic E-state index is 5.69. The van der Waals surface area contributed by atoms with Gasteiger partial charge in [-0.15, -0.1) is 0 Å². The second-order valence-corrected chi connectivity index (χ2v) is 7.34. The van der Waals surface area contributed by atoms with Gasteiger partial charge in [-0.1, -0.05) is 41.9 Å². The molecular formula is C18H23BrO. The van der Waals surface area contributed by atoms with E-state index in [0.29, 0.717) is 17.4 Å². The maximum Gasteiger partial charge on any atom is 0.0600 e. The van der Waals surface area contributed by atoms with Crippen LogP contribution in [0.15, 0.2) is 29.3 Å². The van der Waals surface area contributed by atoms with Crippen LogP contribution in [0.25, 0.3) is 5.57 Å². The van der Waals surface area contributed by atoms with Crippen molar-refractivity contribution in [1.29, 1.82) is 0 Å². The number of fused-ring (bicyclic) bond motifs is 1. The van der Waals surface area contributed by atoms with E-state index in [1.807, 2.05) is 7.11 Å². The van der Waals surface area contributed by atoms with E-state index in [1.54, 1.807) is 0 Å². The van der Waals surface area contributed by atoms with E-state index in [1.165, 1.54) is 48.8 Å². The Morgan fingerprint density at radius 3 is 2.95 bits per heavy atom. The van der Waals surface area contributed by atoms with E-state index in [9.17, 15) is 0 Å². The highest BCUT2D eigenvalue weighted by Gasteiger charge is 2.46. The van der Waals surface area contributed by atoms with Crippen LogP contribution in [-0.2, 0) is 11.2 Å². The molecule has 0 amide bonds. The first-order valence-electron chi connectivity index (χ1n) is 7.60. The fourth-order valence-electron chi connectivity index (χ4n) is 4.28. The summed E-state index contributed by atoms with van der Waals surface area (Å²) in [6, 6.07) is 6.67. The number of halogens is 1. The molecular weight excluding hydrogens is 312 g/mol. The van der Waals surface area contributed by atoms with Gasteiger partial charge < -0.3 is 4.74 Å². The molecule has 0 unspecified atom stereocenters. The van der Waals surface area contributed by atoms with Crippen LogP contribution < -0.4 is 0 Å². The Balaban J connectivity index is 1.91.